The number of aryl methyl sites for hydroxylation is 1. The minimum atomic E-state index is -0.293. The first-order valence-corrected chi connectivity index (χ1v) is 8.20. The lowest BCUT2D eigenvalue weighted by atomic mass is 10.00. The lowest BCUT2D eigenvalue weighted by Gasteiger charge is -2.23. The van der Waals surface area contributed by atoms with E-state index in [-0.39, 0.29) is 5.82 Å². The van der Waals surface area contributed by atoms with Crippen molar-refractivity contribution in [3.63, 3.8) is 0 Å². The summed E-state index contributed by atoms with van der Waals surface area (Å²) < 4.78 is 14.0. The maximum atomic E-state index is 14.0. The standard InChI is InChI=1S/C18H23FN4/c1-12-13(2)22-18(15-7-3-4-8-16(15)19)23-17(12)21-11-14-6-5-9-20-10-14/h3-4,7-8,14,20H,5-6,9-11H2,1-2H3,(H,21,22,23). The molecule has 0 bridgehead atoms. The second-order valence-electron chi connectivity index (χ2n) is 6.18. The van der Waals surface area contributed by atoms with Crippen molar-refractivity contribution in [3.05, 3.63) is 41.3 Å². The van der Waals surface area contributed by atoms with Gasteiger partial charge in [0.05, 0.1) is 5.56 Å². The van der Waals surface area contributed by atoms with Crippen LogP contribution in [-0.2, 0) is 0 Å². The van der Waals surface area contributed by atoms with Gasteiger partial charge in [0.2, 0.25) is 0 Å². The van der Waals surface area contributed by atoms with Crippen LogP contribution in [0.5, 0.6) is 0 Å². The fraction of sp³-hybridized carbons (Fsp3) is 0.444. The molecule has 2 aromatic rings. The van der Waals surface area contributed by atoms with Crippen LogP contribution in [-0.4, -0.2) is 29.6 Å². The zero-order chi connectivity index (χ0) is 16.2. The molecule has 23 heavy (non-hydrogen) atoms. The average molecular weight is 314 g/mol. The van der Waals surface area contributed by atoms with E-state index < -0.39 is 0 Å². The van der Waals surface area contributed by atoms with Crippen LogP contribution in [0.25, 0.3) is 11.4 Å². The number of rotatable bonds is 4. The van der Waals surface area contributed by atoms with E-state index in [1.54, 1.807) is 18.2 Å². The van der Waals surface area contributed by atoms with Crippen molar-refractivity contribution in [2.45, 2.75) is 26.7 Å². The van der Waals surface area contributed by atoms with Gasteiger partial charge < -0.3 is 10.6 Å². The molecular formula is C18H23FN4. The van der Waals surface area contributed by atoms with Crippen LogP contribution in [0.4, 0.5) is 10.2 Å². The van der Waals surface area contributed by atoms with E-state index in [1.165, 1.54) is 18.9 Å². The Bertz CT molecular complexity index is 681. The summed E-state index contributed by atoms with van der Waals surface area (Å²) >= 11 is 0. The van der Waals surface area contributed by atoms with Crippen LogP contribution < -0.4 is 10.6 Å². The number of piperidine rings is 1. The van der Waals surface area contributed by atoms with Crippen molar-refractivity contribution >= 4 is 5.82 Å². The third-order valence-corrected chi connectivity index (χ3v) is 4.46. The van der Waals surface area contributed by atoms with E-state index >= 15 is 0 Å². The van der Waals surface area contributed by atoms with Crippen LogP contribution >= 0.6 is 0 Å². The molecule has 0 amide bonds. The summed E-state index contributed by atoms with van der Waals surface area (Å²) in [4.78, 5) is 9.02. The Balaban J connectivity index is 1.83. The Morgan fingerprint density at radius 2 is 2.09 bits per heavy atom. The summed E-state index contributed by atoms with van der Waals surface area (Å²) in [6.45, 7) is 6.97. The smallest absolute Gasteiger partial charge is 0.164 e. The SMILES string of the molecule is Cc1nc(-c2ccccc2F)nc(NCC2CCCNC2)c1C. The first-order valence-electron chi connectivity index (χ1n) is 8.20. The molecule has 4 nitrogen and oxygen atoms in total. The quantitative estimate of drug-likeness (QED) is 0.909. The van der Waals surface area contributed by atoms with E-state index in [0.29, 0.717) is 17.3 Å². The summed E-state index contributed by atoms with van der Waals surface area (Å²) in [7, 11) is 0. The molecule has 1 unspecified atom stereocenters. The molecule has 3 rings (SSSR count). The van der Waals surface area contributed by atoms with Crippen molar-refractivity contribution in [2.75, 3.05) is 25.0 Å². The number of benzene rings is 1. The number of anilines is 1. The maximum Gasteiger partial charge on any atom is 0.164 e. The lowest BCUT2D eigenvalue weighted by molar-refractivity contribution is 0.392. The molecule has 1 aromatic heterocycles. The lowest BCUT2D eigenvalue weighted by Crippen LogP contribution is -2.33. The van der Waals surface area contributed by atoms with E-state index in [9.17, 15) is 4.39 Å². The fourth-order valence-corrected chi connectivity index (χ4v) is 2.90. The highest BCUT2D eigenvalue weighted by Gasteiger charge is 2.16. The van der Waals surface area contributed by atoms with Gasteiger partial charge in [-0.2, -0.15) is 0 Å². The molecule has 2 heterocycles. The normalized spacial score (nSPS) is 18.0. The predicted octanol–water partition coefficient (Wildman–Crippen LogP) is 3.31. The van der Waals surface area contributed by atoms with Crippen LogP contribution in [0.3, 0.4) is 0 Å². The maximum absolute atomic E-state index is 14.0. The average Bonchev–Trinajstić information content (AvgIpc) is 2.57. The highest BCUT2D eigenvalue weighted by molar-refractivity contribution is 5.60. The molecule has 2 N–H and O–H groups in total. The summed E-state index contributed by atoms with van der Waals surface area (Å²) in [5.41, 5.74) is 2.34. The highest BCUT2D eigenvalue weighted by atomic mass is 19.1. The summed E-state index contributed by atoms with van der Waals surface area (Å²) in [5.74, 6) is 1.56. The molecule has 0 aliphatic carbocycles. The third kappa shape index (κ3) is 3.67. The fourth-order valence-electron chi connectivity index (χ4n) is 2.90. The number of hydrogen-bond acceptors (Lipinski definition) is 4. The molecule has 122 valence electrons. The van der Waals surface area contributed by atoms with Crippen molar-refractivity contribution in [1.82, 2.24) is 15.3 Å². The molecule has 1 aromatic carbocycles. The molecule has 1 aliphatic heterocycles. The van der Waals surface area contributed by atoms with Crippen LogP contribution in [0.2, 0.25) is 0 Å². The first kappa shape index (κ1) is 15.9. The van der Waals surface area contributed by atoms with Crippen LogP contribution in [0, 0.1) is 25.6 Å². The molecule has 1 aliphatic rings. The van der Waals surface area contributed by atoms with Gasteiger partial charge in [0.25, 0.3) is 0 Å². The predicted molar refractivity (Wildman–Crippen MR) is 91.0 cm³/mol. The molecule has 1 atom stereocenters. The monoisotopic (exact) mass is 314 g/mol. The second-order valence-corrected chi connectivity index (χ2v) is 6.18. The molecule has 0 spiro atoms. The van der Waals surface area contributed by atoms with Crippen LogP contribution in [0.15, 0.2) is 24.3 Å². The Kier molecular flexibility index (Phi) is 4.86. The largest absolute Gasteiger partial charge is 0.369 e. The minimum absolute atomic E-state index is 0.293. The van der Waals surface area contributed by atoms with Crippen molar-refractivity contribution in [3.8, 4) is 11.4 Å². The Labute approximate surface area is 136 Å². The summed E-state index contributed by atoms with van der Waals surface area (Å²) in [5, 5.41) is 6.86. The zero-order valence-electron chi connectivity index (χ0n) is 13.7. The van der Waals surface area contributed by atoms with Crippen molar-refractivity contribution in [2.24, 2.45) is 5.92 Å². The number of aromatic nitrogens is 2. The molecule has 5 heteroatoms. The van der Waals surface area contributed by atoms with Gasteiger partial charge in [0.1, 0.15) is 11.6 Å². The first-order chi connectivity index (χ1) is 11.1. The molecule has 1 fully saturated rings. The van der Waals surface area contributed by atoms with E-state index in [2.05, 4.69) is 20.6 Å². The number of hydrogen-bond donors (Lipinski definition) is 2. The summed E-state index contributed by atoms with van der Waals surface area (Å²) in [6.07, 6.45) is 2.44. The van der Waals surface area contributed by atoms with Gasteiger partial charge in [-0.05, 0) is 57.8 Å². The van der Waals surface area contributed by atoms with E-state index in [4.69, 9.17) is 0 Å². The van der Waals surface area contributed by atoms with E-state index in [1.807, 2.05) is 13.8 Å². The van der Waals surface area contributed by atoms with Gasteiger partial charge in [-0.3, -0.25) is 0 Å². The Morgan fingerprint density at radius 3 is 2.83 bits per heavy atom. The second kappa shape index (κ2) is 7.04. The van der Waals surface area contributed by atoms with Gasteiger partial charge in [0.15, 0.2) is 5.82 Å². The van der Waals surface area contributed by atoms with Gasteiger partial charge >= 0.3 is 0 Å². The van der Waals surface area contributed by atoms with Crippen molar-refractivity contribution in [1.29, 1.82) is 0 Å². The van der Waals surface area contributed by atoms with Crippen molar-refractivity contribution < 1.29 is 4.39 Å². The third-order valence-electron chi connectivity index (χ3n) is 4.46. The van der Waals surface area contributed by atoms with Gasteiger partial charge in [-0.1, -0.05) is 12.1 Å². The number of halogens is 1. The molecule has 0 radical (unpaired) electrons. The van der Waals surface area contributed by atoms with Crippen LogP contribution in [0.1, 0.15) is 24.1 Å². The molecular weight excluding hydrogens is 291 g/mol. The summed E-state index contributed by atoms with van der Waals surface area (Å²) in [6, 6.07) is 6.63. The zero-order valence-corrected chi connectivity index (χ0v) is 13.7. The van der Waals surface area contributed by atoms with Gasteiger partial charge in [0, 0.05) is 17.8 Å². The Morgan fingerprint density at radius 1 is 1.26 bits per heavy atom. The Hall–Kier alpha value is -2.01. The number of nitrogens with zero attached hydrogens (tertiary/aromatic N) is 2. The topological polar surface area (TPSA) is 49.8 Å². The number of nitrogens with one attached hydrogen (secondary N) is 2. The highest BCUT2D eigenvalue weighted by Crippen LogP contribution is 2.24. The van der Waals surface area contributed by atoms with E-state index in [0.717, 1.165) is 36.7 Å². The minimum Gasteiger partial charge on any atom is -0.369 e. The molecule has 1 saturated heterocycles. The van der Waals surface area contributed by atoms with Gasteiger partial charge in [-0.15, -0.1) is 0 Å². The van der Waals surface area contributed by atoms with Gasteiger partial charge in [-0.25, -0.2) is 14.4 Å². The molecule has 0 saturated carbocycles.